The maximum Gasteiger partial charge on any atom is 0.268 e. The largest absolute Gasteiger partial charge is 0.347 e. The second-order valence-electron chi connectivity index (χ2n) is 6.30. The van der Waals surface area contributed by atoms with Gasteiger partial charge in [-0.15, -0.1) is 0 Å². The minimum atomic E-state index is -0.340. The maximum atomic E-state index is 12.7. The maximum absolute atomic E-state index is 12.7. The summed E-state index contributed by atoms with van der Waals surface area (Å²) < 4.78 is 1.83. The summed E-state index contributed by atoms with van der Waals surface area (Å²) in [5.41, 5.74) is 3.11. The Labute approximate surface area is 163 Å². The smallest absolute Gasteiger partial charge is 0.268 e. The highest BCUT2D eigenvalue weighted by Crippen LogP contribution is 2.11. The van der Waals surface area contributed by atoms with Crippen molar-refractivity contribution in [3.8, 4) is 0 Å². The summed E-state index contributed by atoms with van der Waals surface area (Å²) in [4.78, 5) is 24.2. The van der Waals surface area contributed by atoms with Crippen LogP contribution in [0.3, 0.4) is 0 Å². The molecule has 0 atom stereocenters. The summed E-state index contributed by atoms with van der Waals surface area (Å²) in [5, 5.41) is 9.73. The van der Waals surface area contributed by atoms with Crippen molar-refractivity contribution < 1.29 is 9.59 Å². The number of hydrogen-bond donors (Lipinski definition) is 2. The fourth-order valence-electron chi connectivity index (χ4n) is 2.79. The summed E-state index contributed by atoms with van der Waals surface area (Å²) in [6, 6.07) is 19.1. The van der Waals surface area contributed by atoms with Crippen LogP contribution in [0.2, 0.25) is 0 Å². The molecule has 142 valence electrons. The van der Waals surface area contributed by atoms with Crippen molar-refractivity contribution in [2.75, 3.05) is 0 Å². The van der Waals surface area contributed by atoms with E-state index < -0.39 is 0 Å². The van der Waals surface area contributed by atoms with Crippen LogP contribution in [0.5, 0.6) is 0 Å². The van der Waals surface area contributed by atoms with E-state index in [1.165, 1.54) is 6.92 Å². The van der Waals surface area contributed by atoms with Crippen LogP contribution < -0.4 is 10.6 Å². The van der Waals surface area contributed by atoms with Crippen molar-refractivity contribution >= 4 is 17.9 Å². The summed E-state index contributed by atoms with van der Waals surface area (Å²) in [7, 11) is 0. The molecule has 2 N–H and O–H groups in total. The lowest BCUT2D eigenvalue weighted by Crippen LogP contribution is -2.33. The molecule has 0 aliphatic rings. The molecular weight excluding hydrogens is 352 g/mol. The van der Waals surface area contributed by atoms with Gasteiger partial charge in [0.2, 0.25) is 5.91 Å². The Hall–Kier alpha value is -3.67. The van der Waals surface area contributed by atoms with Crippen molar-refractivity contribution in [2.24, 2.45) is 0 Å². The van der Waals surface area contributed by atoms with Gasteiger partial charge in [0.05, 0.1) is 6.54 Å². The molecule has 28 heavy (non-hydrogen) atoms. The highest BCUT2D eigenvalue weighted by molar-refractivity contribution is 6.00. The molecule has 6 heteroatoms. The van der Waals surface area contributed by atoms with Crippen LogP contribution in [-0.4, -0.2) is 21.6 Å². The summed E-state index contributed by atoms with van der Waals surface area (Å²) in [6.07, 6.45) is 5.29. The Morgan fingerprint density at radius 1 is 1.00 bits per heavy atom. The number of rotatable bonds is 7. The zero-order valence-corrected chi connectivity index (χ0v) is 15.6. The van der Waals surface area contributed by atoms with Crippen LogP contribution >= 0.6 is 0 Å². The van der Waals surface area contributed by atoms with E-state index in [1.54, 1.807) is 12.3 Å². The van der Waals surface area contributed by atoms with Gasteiger partial charge in [-0.3, -0.25) is 14.3 Å². The van der Waals surface area contributed by atoms with E-state index in [4.69, 9.17) is 0 Å². The molecule has 0 spiro atoms. The monoisotopic (exact) mass is 374 g/mol. The van der Waals surface area contributed by atoms with Crippen LogP contribution in [0.1, 0.15) is 23.6 Å². The van der Waals surface area contributed by atoms with Crippen molar-refractivity contribution in [3.63, 3.8) is 0 Å². The van der Waals surface area contributed by atoms with Gasteiger partial charge in [0.15, 0.2) is 0 Å². The van der Waals surface area contributed by atoms with Gasteiger partial charge < -0.3 is 10.6 Å². The Morgan fingerprint density at radius 2 is 1.71 bits per heavy atom. The van der Waals surface area contributed by atoms with Gasteiger partial charge in [0, 0.05) is 25.9 Å². The lowest BCUT2D eigenvalue weighted by molar-refractivity contribution is -0.122. The Bertz CT molecular complexity index is 963. The number of nitrogens with one attached hydrogen (secondary N) is 2. The van der Waals surface area contributed by atoms with E-state index >= 15 is 0 Å². The lowest BCUT2D eigenvalue weighted by Gasteiger charge is -2.13. The van der Waals surface area contributed by atoms with Crippen LogP contribution in [0.4, 0.5) is 0 Å². The Morgan fingerprint density at radius 3 is 2.39 bits per heavy atom. The number of carbonyl (C=O) groups is 2. The number of nitrogens with zero attached hydrogens (tertiary/aromatic N) is 2. The Balaban J connectivity index is 1.73. The number of amides is 2. The van der Waals surface area contributed by atoms with Crippen LogP contribution in [0.15, 0.2) is 78.8 Å². The fourth-order valence-corrected chi connectivity index (χ4v) is 2.79. The number of carbonyl (C=O) groups excluding carboxylic acids is 2. The number of aromatic nitrogens is 2. The van der Waals surface area contributed by atoms with Gasteiger partial charge in [-0.1, -0.05) is 54.6 Å². The molecule has 0 unspecified atom stereocenters. The van der Waals surface area contributed by atoms with E-state index in [9.17, 15) is 9.59 Å². The number of hydrogen-bond acceptors (Lipinski definition) is 3. The quantitative estimate of drug-likeness (QED) is 0.625. The summed E-state index contributed by atoms with van der Waals surface area (Å²) >= 11 is 0. The van der Waals surface area contributed by atoms with Crippen molar-refractivity contribution in [2.45, 2.75) is 20.0 Å². The Kier molecular flexibility index (Phi) is 6.36. The van der Waals surface area contributed by atoms with Crippen molar-refractivity contribution in [3.05, 3.63) is 95.4 Å². The zero-order chi connectivity index (χ0) is 19.8. The zero-order valence-electron chi connectivity index (χ0n) is 15.6. The second kappa shape index (κ2) is 9.32. The highest BCUT2D eigenvalue weighted by Gasteiger charge is 2.12. The molecular formula is C22H22N4O2. The molecule has 6 nitrogen and oxygen atoms in total. The molecule has 0 bridgehead atoms. The van der Waals surface area contributed by atoms with Gasteiger partial charge in [0.25, 0.3) is 5.91 Å². The third-order valence-electron chi connectivity index (χ3n) is 4.12. The topological polar surface area (TPSA) is 76.0 Å². The standard InChI is InChI=1S/C22H22N4O2/c1-17(27)25-21(14-18-8-3-2-4-9-18)22(28)23-15-19-10-5-6-11-20(19)16-26-13-7-12-24-26/h2-14H,15-16H2,1H3,(H,23,28)(H,25,27)/b21-14-. The highest BCUT2D eigenvalue weighted by atomic mass is 16.2. The van der Waals surface area contributed by atoms with E-state index in [0.717, 1.165) is 16.7 Å². The first-order valence-electron chi connectivity index (χ1n) is 8.98. The fraction of sp³-hybridized carbons (Fsp3) is 0.136. The molecule has 1 aromatic heterocycles. The molecule has 0 aliphatic carbocycles. The van der Waals surface area contributed by atoms with Gasteiger partial charge in [0.1, 0.15) is 5.70 Å². The van der Waals surface area contributed by atoms with Crippen LogP contribution in [0, 0.1) is 0 Å². The molecule has 0 fully saturated rings. The third-order valence-corrected chi connectivity index (χ3v) is 4.12. The minimum absolute atomic E-state index is 0.211. The minimum Gasteiger partial charge on any atom is -0.347 e. The molecule has 3 aromatic rings. The average molecular weight is 374 g/mol. The van der Waals surface area contributed by atoms with Crippen molar-refractivity contribution in [1.29, 1.82) is 0 Å². The molecule has 0 radical (unpaired) electrons. The molecule has 3 rings (SSSR count). The molecule has 1 heterocycles. The van der Waals surface area contributed by atoms with E-state index in [1.807, 2.05) is 71.5 Å². The van der Waals surface area contributed by atoms with E-state index in [-0.39, 0.29) is 17.5 Å². The first-order valence-corrected chi connectivity index (χ1v) is 8.98. The molecule has 0 aliphatic heterocycles. The van der Waals surface area contributed by atoms with Gasteiger partial charge in [-0.2, -0.15) is 5.10 Å². The molecule has 2 aromatic carbocycles. The molecule has 2 amide bonds. The predicted molar refractivity (Wildman–Crippen MR) is 108 cm³/mol. The van der Waals surface area contributed by atoms with Crippen LogP contribution in [-0.2, 0) is 22.7 Å². The SMILES string of the molecule is CC(=O)N/C(=C\c1ccccc1)C(=O)NCc1ccccc1Cn1cccn1. The van der Waals surface area contributed by atoms with Crippen LogP contribution in [0.25, 0.3) is 6.08 Å². The van der Waals surface area contributed by atoms with Crippen molar-refractivity contribution in [1.82, 2.24) is 20.4 Å². The second-order valence-corrected chi connectivity index (χ2v) is 6.30. The number of benzene rings is 2. The lowest BCUT2D eigenvalue weighted by atomic mass is 10.1. The first kappa shape index (κ1) is 19.1. The van der Waals surface area contributed by atoms with E-state index in [0.29, 0.717) is 13.1 Å². The summed E-state index contributed by atoms with van der Waals surface area (Å²) in [5.74, 6) is -0.635. The first-order chi connectivity index (χ1) is 13.6. The third kappa shape index (κ3) is 5.41. The van der Waals surface area contributed by atoms with Gasteiger partial charge in [-0.05, 0) is 28.8 Å². The normalized spacial score (nSPS) is 11.1. The molecule has 0 saturated carbocycles. The van der Waals surface area contributed by atoms with Gasteiger partial charge in [-0.25, -0.2) is 0 Å². The average Bonchev–Trinajstić information content (AvgIpc) is 3.20. The molecule has 0 saturated heterocycles. The summed E-state index contributed by atoms with van der Waals surface area (Å²) in [6.45, 7) is 2.35. The van der Waals surface area contributed by atoms with E-state index in [2.05, 4.69) is 15.7 Å². The predicted octanol–water partition coefficient (Wildman–Crippen LogP) is 2.72. The van der Waals surface area contributed by atoms with Gasteiger partial charge >= 0.3 is 0 Å².